The number of nitrogens with one attached hydrogen (secondary N) is 1. The number of hydrazine groups is 1. The second-order valence-electron chi connectivity index (χ2n) is 5.27. The zero-order valence-electron chi connectivity index (χ0n) is 10.6. The Morgan fingerprint density at radius 2 is 2.06 bits per heavy atom. The van der Waals surface area contributed by atoms with Crippen LogP contribution in [0.3, 0.4) is 0 Å². The largest absolute Gasteiger partial charge is 0.379 e. The van der Waals surface area contributed by atoms with Crippen molar-refractivity contribution in [3.8, 4) is 0 Å². The Labute approximate surface area is 102 Å². The molecule has 0 aromatic heterocycles. The zero-order valence-corrected chi connectivity index (χ0v) is 10.6. The number of hydrogen-bond donors (Lipinski definition) is 2. The molecule has 2 rings (SSSR count). The molecule has 2 heterocycles. The number of nitrogens with two attached hydrogens (primary N) is 1. The van der Waals surface area contributed by atoms with E-state index >= 15 is 0 Å². The summed E-state index contributed by atoms with van der Waals surface area (Å²) in [5.41, 5.74) is 8.29. The lowest BCUT2D eigenvalue weighted by atomic mass is 9.85. The molecule has 98 valence electrons. The molecule has 0 aromatic rings. The maximum absolute atomic E-state index is 12.2. The number of rotatable bonds is 2. The van der Waals surface area contributed by atoms with E-state index in [2.05, 4.69) is 17.4 Å². The minimum atomic E-state index is -0.594. The Morgan fingerprint density at radius 3 is 2.59 bits per heavy atom. The van der Waals surface area contributed by atoms with Gasteiger partial charge in [-0.15, -0.1) is 0 Å². The molecule has 0 aromatic carbocycles. The molecule has 2 unspecified atom stereocenters. The number of carbonyl (C=O) groups excluding carboxylic acids is 1. The van der Waals surface area contributed by atoms with E-state index in [4.69, 9.17) is 10.5 Å². The van der Waals surface area contributed by atoms with Crippen LogP contribution in [0, 0.1) is 5.41 Å². The second-order valence-corrected chi connectivity index (χ2v) is 5.27. The Balaban J connectivity index is 1.88. The van der Waals surface area contributed by atoms with Gasteiger partial charge in [0.05, 0.1) is 18.6 Å². The highest BCUT2D eigenvalue weighted by Crippen LogP contribution is 2.27. The summed E-state index contributed by atoms with van der Waals surface area (Å²) in [6.07, 6.45) is 0. The lowest BCUT2D eigenvalue weighted by Crippen LogP contribution is -2.58. The van der Waals surface area contributed by atoms with Crippen molar-refractivity contribution < 1.29 is 9.53 Å². The molecule has 0 spiro atoms. The predicted octanol–water partition coefficient (Wildman–Crippen LogP) is -1.37. The van der Waals surface area contributed by atoms with E-state index in [0.717, 1.165) is 26.2 Å². The van der Waals surface area contributed by atoms with Crippen LogP contribution in [0.25, 0.3) is 0 Å². The smallest absolute Gasteiger partial charge is 0.244 e. The molecule has 0 aliphatic carbocycles. The lowest BCUT2D eigenvalue weighted by Gasteiger charge is -2.35. The molecule has 1 amide bonds. The van der Waals surface area contributed by atoms with Crippen LogP contribution in [0.2, 0.25) is 0 Å². The molecule has 0 radical (unpaired) electrons. The maximum Gasteiger partial charge on any atom is 0.244 e. The first-order valence-electron chi connectivity index (χ1n) is 6.10. The van der Waals surface area contributed by atoms with Gasteiger partial charge < -0.3 is 15.4 Å². The summed E-state index contributed by atoms with van der Waals surface area (Å²) >= 11 is 0. The average Bonchev–Trinajstić information content (AvgIpc) is 2.64. The molecule has 0 saturated carbocycles. The average molecular weight is 242 g/mol. The van der Waals surface area contributed by atoms with E-state index in [1.54, 1.807) is 0 Å². The number of amides is 1. The first kappa shape index (κ1) is 12.8. The summed E-state index contributed by atoms with van der Waals surface area (Å²) in [5, 5.41) is 1.97. The molecule has 2 fully saturated rings. The van der Waals surface area contributed by atoms with Crippen molar-refractivity contribution in [3.05, 3.63) is 0 Å². The monoisotopic (exact) mass is 242 g/mol. The summed E-state index contributed by atoms with van der Waals surface area (Å²) in [6, 6.07) is -0.213. The summed E-state index contributed by atoms with van der Waals surface area (Å²) in [4.78, 5) is 14.4. The molecule has 2 atom stereocenters. The highest BCUT2D eigenvalue weighted by Gasteiger charge is 2.44. The molecule has 17 heavy (non-hydrogen) atoms. The van der Waals surface area contributed by atoms with Gasteiger partial charge in [0.15, 0.2) is 0 Å². The van der Waals surface area contributed by atoms with Gasteiger partial charge in [0.2, 0.25) is 5.91 Å². The van der Waals surface area contributed by atoms with E-state index in [0.29, 0.717) is 13.2 Å². The van der Waals surface area contributed by atoms with Crippen LogP contribution < -0.4 is 11.2 Å². The number of carbonyl (C=O) groups is 1. The van der Waals surface area contributed by atoms with Crippen LogP contribution in [0.15, 0.2) is 0 Å². The molecule has 0 bridgehead atoms. The third kappa shape index (κ3) is 2.60. The standard InChI is InChI=1S/C11H22N4O2/c1-11(8-17-7-9(11)12)10(16)13-15-5-3-14(2)4-6-15/h9H,3-8,12H2,1-2H3,(H,13,16). The van der Waals surface area contributed by atoms with Gasteiger partial charge in [-0.3, -0.25) is 10.2 Å². The zero-order chi connectivity index (χ0) is 12.5. The topological polar surface area (TPSA) is 70.8 Å². The van der Waals surface area contributed by atoms with Gasteiger partial charge in [0.1, 0.15) is 0 Å². The number of piperazine rings is 1. The third-order valence-corrected chi connectivity index (χ3v) is 3.80. The lowest BCUT2D eigenvalue weighted by molar-refractivity contribution is -0.136. The highest BCUT2D eigenvalue weighted by molar-refractivity contribution is 5.83. The van der Waals surface area contributed by atoms with Gasteiger partial charge in [-0.1, -0.05) is 0 Å². The minimum absolute atomic E-state index is 0.0212. The van der Waals surface area contributed by atoms with Crippen molar-refractivity contribution in [2.75, 3.05) is 46.4 Å². The normalized spacial score (nSPS) is 36.1. The van der Waals surface area contributed by atoms with Gasteiger partial charge in [0.25, 0.3) is 0 Å². The quantitative estimate of drug-likeness (QED) is 0.625. The fraction of sp³-hybridized carbons (Fsp3) is 0.909. The van der Waals surface area contributed by atoms with Crippen molar-refractivity contribution in [2.45, 2.75) is 13.0 Å². The van der Waals surface area contributed by atoms with Crippen molar-refractivity contribution >= 4 is 5.91 Å². The minimum Gasteiger partial charge on any atom is -0.379 e. The Kier molecular flexibility index (Phi) is 3.67. The van der Waals surface area contributed by atoms with Crippen LogP contribution in [0.1, 0.15) is 6.92 Å². The van der Waals surface area contributed by atoms with Gasteiger partial charge >= 0.3 is 0 Å². The summed E-state index contributed by atoms with van der Waals surface area (Å²) in [7, 11) is 2.08. The molecular formula is C11H22N4O2. The van der Waals surface area contributed by atoms with Crippen molar-refractivity contribution in [1.29, 1.82) is 0 Å². The Bertz CT molecular complexity index is 291. The number of ether oxygens (including phenoxy) is 1. The first-order chi connectivity index (χ1) is 8.02. The van der Waals surface area contributed by atoms with Gasteiger partial charge in [-0.05, 0) is 14.0 Å². The van der Waals surface area contributed by atoms with E-state index in [-0.39, 0.29) is 11.9 Å². The Morgan fingerprint density at radius 1 is 1.41 bits per heavy atom. The third-order valence-electron chi connectivity index (χ3n) is 3.80. The van der Waals surface area contributed by atoms with E-state index < -0.39 is 5.41 Å². The van der Waals surface area contributed by atoms with Crippen LogP contribution >= 0.6 is 0 Å². The fourth-order valence-corrected chi connectivity index (χ4v) is 2.11. The fourth-order valence-electron chi connectivity index (χ4n) is 2.11. The van der Waals surface area contributed by atoms with Crippen LogP contribution in [-0.4, -0.2) is 68.3 Å². The van der Waals surface area contributed by atoms with Gasteiger partial charge in [0, 0.05) is 32.2 Å². The van der Waals surface area contributed by atoms with Crippen LogP contribution in [0.5, 0.6) is 0 Å². The molecule has 2 aliphatic heterocycles. The molecule has 6 heteroatoms. The number of likely N-dealkylation sites (N-methyl/N-ethyl adjacent to an activating group) is 1. The SMILES string of the molecule is CN1CCN(NC(=O)C2(C)COCC2N)CC1. The van der Waals surface area contributed by atoms with Crippen molar-refractivity contribution in [1.82, 2.24) is 15.3 Å². The highest BCUT2D eigenvalue weighted by atomic mass is 16.5. The molecule has 6 nitrogen and oxygen atoms in total. The number of hydrogen-bond acceptors (Lipinski definition) is 5. The molecule has 2 saturated heterocycles. The second kappa shape index (κ2) is 4.89. The van der Waals surface area contributed by atoms with E-state index in [1.807, 2.05) is 11.9 Å². The summed E-state index contributed by atoms with van der Waals surface area (Å²) < 4.78 is 5.29. The van der Waals surface area contributed by atoms with Crippen molar-refractivity contribution in [2.24, 2.45) is 11.1 Å². The van der Waals surface area contributed by atoms with E-state index in [1.165, 1.54) is 0 Å². The predicted molar refractivity (Wildman–Crippen MR) is 64.1 cm³/mol. The van der Waals surface area contributed by atoms with Gasteiger partial charge in [-0.25, -0.2) is 5.01 Å². The van der Waals surface area contributed by atoms with Gasteiger partial charge in [-0.2, -0.15) is 0 Å². The molecule has 2 aliphatic rings. The maximum atomic E-state index is 12.2. The first-order valence-corrected chi connectivity index (χ1v) is 6.10. The van der Waals surface area contributed by atoms with E-state index in [9.17, 15) is 4.79 Å². The molecule has 3 N–H and O–H groups in total. The summed E-state index contributed by atoms with van der Waals surface area (Å²) in [5.74, 6) is -0.0212. The summed E-state index contributed by atoms with van der Waals surface area (Å²) in [6.45, 7) is 6.40. The Hall–Kier alpha value is -0.690. The van der Waals surface area contributed by atoms with Crippen molar-refractivity contribution in [3.63, 3.8) is 0 Å². The van der Waals surface area contributed by atoms with Crippen LogP contribution in [0.4, 0.5) is 0 Å². The van der Waals surface area contributed by atoms with Crippen LogP contribution in [-0.2, 0) is 9.53 Å². The number of nitrogens with zero attached hydrogens (tertiary/aromatic N) is 2. The molecular weight excluding hydrogens is 220 g/mol.